The van der Waals surface area contributed by atoms with E-state index >= 15 is 0 Å². The van der Waals surface area contributed by atoms with Crippen LogP contribution in [0.5, 0.6) is 0 Å². The third kappa shape index (κ3) is 3.76. The summed E-state index contributed by atoms with van der Waals surface area (Å²) in [6, 6.07) is 10.6. The number of rotatable bonds is 5. The fourth-order valence-electron chi connectivity index (χ4n) is 4.27. The van der Waals surface area contributed by atoms with E-state index in [2.05, 4.69) is 35.2 Å². The van der Waals surface area contributed by atoms with Gasteiger partial charge in [0.15, 0.2) is 5.69 Å². The smallest absolute Gasteiger partial charge is 0.276 e. The highest BCUT2D eigenvalue weighted by atomic mass is 32.1. The van der Waals surface area contributed by atoms with Crippen LogP contribution in [0.15, 0.2) is 30.3 Å². The second-order valence-electron chi connectivity index (χ2n) is 8.45. The Morgan fingerprint density at radius 3 is 2.78 bits per heavy atom. The SMILES string of the molecule is CCn1nc(C(=O)Nc2sc3c(c2-c2nc4ccccc4s2)CCN(C(C)C)C3)cc1C. The van der Waals surface area contributed by atoms with Crippen LogP contribution in [0, 0.1) is 6.92 Å². The topological polar surface area (TPSA) is 63.1 Å². The zero-order chi connectivity index (χ0) is 22.4. The maximum Gasteiger partial charge on any atom is 0.276 e. The Morgan fingerprint density at radius 2 is 2.06 bits per heavy atom. The van der Waals surface area contributed by atoms with Crippen molar-refractivity contribution in [3.8, 4) is 10.6 Å². The molecule has 0 spiro atoms. The number of benzene rings is 1. The number of nitrogens with one attached hydrogen (secondary N) is 1. The number of aryl methyl sites for hydroxylation is 2. The van der Waals surface area contributed by atoms with E-state index in [4.69, 9.17) is 4.98 Å². The molecule has 0 fully saturated rings. The van der Waals surface area contributed by atoms with Crippen molar-refractivity contribution in [3.05, 3.63) is 52.2 Å². The number of para-hydroxylation sites is 1. The highest BCUT2D eigenvalue weighted by Gasteiger charge is 2.29. The predicted octanol–water partition coefficient (Wildman–Crippen LogP) is 5.57. The molecule has 1 aliphatic heterocycles. The van der Waals surface area contributed by atoms with E-state index in [0.717, 1.165) is 57.5 Å². The lowest BCUT2D eigenvalue weighted by atomic mass is 10.0. The predicted molar refractivity (Wildman–Crippen MR) is 133 cm³/mol. The molecule has 0 aliphatic carbocycles. The van der Waals surface area contributed by atoms with Gasteiger partial charge in [0.1, 0.15) is 10.0 Å². The lowest BCUT2D eigenvalue weighted by Gasteiger charge is -2.30. The van der Waals surface area contributed by atoms with Gasteiger partial charge in [0.25, 0.3) is 5.91 Å². The summed E-state index contributed by atoms with van der Waals surface area (Å²) in [6.07, 6.45) is 0.967. The number of nitrogens with zero attached hydrogens (tertiary/aromatic N) is 4. The molecule has 0 radical (unpaired) electrons. The van der Waals surface area contributed by atoms with Gasteiger partial charge in [-0.25, -0.2) is 4.98 Å². The zero-order valence-corrected chi connectivity index (χ0v) is 20.4. The standard InChI is InChI=1S/C24H27N5OS2/c1-5-29-15(4)12-18(27-29)22(30)26-24-21(23-25-17-8-6-7-9-19(17)31-23)16-10-11-28(14(2)3)13-20(16)32-24/h6-9,12,14H,5,10-11,13H2,1-4H3,(H,26,30). The molecule has 4 aromatic rings. The van der Waals surface area contributed by atoms with E-state index in [1.54, 1.807) is 22.7 Å². The third-order valence-electron chi connectivity index (χ3n) is 6.06. The summed E-state index contributed by atoms with van der Waals surface area (Å²) in [7, 11) is 0. The molecule has 3 aromatic heterocycles. The monoisotopic (exact) mass is 465 g/mol. The zero-order valence-electron chi connectivity index (χ0n) is 18.8. The van der Waals surface area contributed by atoms with Crippen molar-refractivity contribution >= 4 is 43.8 Å². The van der Waals surface area contributed by atoms with Crippen molar-refractivity contribution in [2.45, 2.75) is 53.2 Å². The lowest BCUT2D eigenvalue weighted by molar-refractivity contribution is 0.102. The number of carbonyl (C=O) groups excluding carboxylic acids is 1. The largest absolute Gasteiger partial charge is 0.312 e. The van der Waals surface area contributed by atoms with Crippen LogP contribution in [0.4, 0.5) is 5.00 Å². The molecule has 8 heteroatoms. The van der Waals surface area contributed by atoms with Crippen LogP contribution < -0.4 is 5.32 Å². The Morgan fingerprint density at radius 1 is 1.25 bits per heavy atom. The maximum absolute atomic E-state index is 13.1. The Labute approximate surface area is 195 Å². The maximum atomic E-state index is 13.1. The van der Waals surface area contributed by atoms with Crippen molar-refractivity contribution in [1.82, 2.24) is 19.7 Å². The van der Waals surface area contributed by atoms with Gasteiger partial charge >= 0.3 is 0 Å². The first kappa shape index (κ1) is 21.3. The molecule has 0 bridgehead atoms. The number of anilines is 1. The average Bonchev–Trinajstić information content (AvgIpc) is 3.46. The Bertz CT molecular complexity index is 1270. The average molecular weight is 466 g/mol. The minimum absolute atomic E-state index is 0.165. The molecule has 0 unspecified atom stereocenters. The van der Waals surface area contributed by atoms with Gasteiger partial charge in [-0.15, -0.1) is 22.7 Å². The van der Waals surface area contributed by atoms with E-state index in [1.165, 1.54) is 10.4 Å². The van der Waals surface area contributed by atoms with Crippen molar-refractivity contribution in [2.75, 3.05) is 11.9 Å². The highest BCUT2D eigenvalue weighted by Crippen LogP contribution is 2.46. The van der Waals surface area contributed by atoms with Gasteiger partial charge < -0.3 is 5.32 Å². The van der Waals surface area contributed by atoms with Gasteiger partial charge in [-0.05, 0) is 57.9 Å². The molecular formula is C24H27N5OS2. The fourth-order valence-corrected chi connectivity index (χ4v) is 6.64. The number of thiophene rings is 1. The Kier molecular flexibility index (Phi) is 5.61. The van der Waals surface area contributed by atoms with E-state index < -0.39 is 0 Å². The van der Waals surface area contributed by atoms with E-state index in [-0.39, 0.29) is 5.91 Å². The van der Waals surface area contributed by atoms with Gasteiger partial charge in [-0.3, -0.25) is 14.4 Å². The fraction of sp³-hybridized carbons (Fsp3) is 0.375. The number of hydrogen-bond donors (Lipinski definition) is 1. The summed E-state index contributed by atoms with van der Waals surface area (Å²) in [5, 5.41) is 9.52. The van der Waals surface area contributed by atoms with Gasteiger partial charge in [0.2, 0.25) is 0 Å². The van der Waals surface area contributed by atoms with Crippen LogP contribution in [0.2, 0.25) is 0 Å². The number of carbonyl (C=O) groups is 1. The first-order chi connectivity index (χ1) is 15.4. The second kappa shape index (κ2) is 8.42. The minimum atomic E-state index is -0.165. The molecule has 0 saturated carbocycles. The van der Waals surface area contributed by atoms with Crippen molar-refractivity contribution < 1.29 is 4.79 Å². The quantitative estimate of drug-likeness (QED) is 0.419. The molecule has 1 N–H and O–H groups in total. The molecular weight excluding hydrogens is 438 g/mol. The minimum Gasteiger partial charge on any atom is -0.312 e. The van der Waals surface area contributed by atoms with Gasteiger partial charge in [-0.2, -0.15) is 5.10 Å². The number of fused-ring (bicyclic) bond motifs is 2. The van der Waals surface area contributed by atoms with Gasteiger partial charge in [0.05, 0.1) is 10.2 Å². The van der Waals surface area contributed by atoms with Gasteiger partial charge in [-0.1, -0.05) is 12.1 Å². The number of hydrogen-bond acceptors (Lipinski definition) is 6. The lowest BCUT2D eigenvalue weighted by Crippen LogP contribution is -2.35. The molecule has 6 nitrogen and oxygen atoms in total. The second-order valence-corrected chi connectivity index (χ2v) is 10.6. The number of amides is 1. The van der Waals surface area contributed by atoms with Crippen LogP contribution in [0.25, 0.3) is 20.8 Å². The molecule has 1 aromatic carbocycles. The molecule has 1 aliphatic rings. The Balaban J connectivity index is 1.57. The summed E-state index contributed by atoms with van der Waals surface area (Å²) in [4.78, 5) is 21.9. The summed E-state index contributed by atoms with van der Waals surface area (Å²) < 4.78 is 3.01. The molecule has 32 heavy (non-hydrogen) atoms. The summed E-state index contributed by atoms with van der Waals surface area (Å²) >= 11 is 3.38. The molecule has 0 atom stereocenters. The van der Waals surface area contributed by atoms with E-state index in [0.29, 0.717) is 11.7 Å². The van der Waals surface area contributed by atoms with Crippen molar-refractivity contribution in [3.63, 3.8) is 0 Å². The Hall–Kier alpha value is -2.55. The van der Waals surface area contributed by atoms with Crippen LogP contribution >= 0.6 is 22.7 Å². The molecule has 4 heterocycles. The normalized spacial score (nSPS) is 14.3. The van der Waals surface area contributed by atoms with Crippen LogP contribution in [0.3, 0.4) is 0 Å². The molecule has 5 rings (SSSR count). The highest BCUT2D eigenvalue weighted by molar-refractivity contribution is 7.23. The van der Waals surface area contributed by atoms with Crippen molar-refractivity contribution in [1.29, 1.82) is 0 Å². The van der Waals surface area contributed by atoms with E-state index in [9.17, 15) is 4.79 Å². The van der Waals surface area contributed by atoms with Crippen LogP contribution in [-0.2, 0) is 19.5 Å². The summed E-state index contributed by atoms with van der Waals surface area (Å²) in [5.74, 6) is -0.165. The number of aromatic nitrogens is 3. The molecule has 166 valence electrons. The summed E-state index contributed by atoms with van der Waals surface area (Å²) in [6.45, 7) is 11.2. The van der Waals surface area contributed by atoms with Crippen LogP contribution in [-0.4, -0.2) is 38.2 Å². The van der Waals surface area contributed by atoms with Gasteiger partial charge in [0, 0.05) is 41.8 Å². The summed E-state index contributed by atoms with van der Waals surface area (Å²) in [5.41, 5.74) is 4.87. The first-order valence-corrected chi connectivity index (χ1v) is 12.7. The van der Waals surface area contributed by atoms with E-state index in [1.807, 2.05) is 42.8 Å². The first-order valence-electron chi connectivity index (χ1n) is 11.0. The third-order valence-corrected chi connectivity index (χ3v) is 8.25. The molecule has 0 saturated heterocycles. The molecule has 1 amide bonds. The van der Waals surface area contributed by atoms with Crippen LogP contribution in [0.1, 0.15) is 47.4 Å². The van der Waals surface area contributed by atoms with Crippen molar-refractivity contribution in [2.24, 2.45) is 0 Å². The number of thiazole rings is 1.